The lowest BCUT2D eigenvalue weighted by molar-refractivity contribution is 0.0595. The molecule has 134 valence electrons. The van der Waals surface area contributed by atoms with E-state index in [1.165, 1.54) is 4.90 Å². The molecule has 0 spiro atoms. The summed E-state index contributed by atoms with van der Waals surface area (Å²) in [5.41, 5.74) is 1.74. The minimum absolute atomic E-state index is 0.107. The summed E-state index contributed by atoms with van der Waals surface area (Å²) in [4.78, 5) is 20.3. The van der Waals surface area contributed by atoms with Gasteiger partial charge in [0.15, 0.2) is 0 Å². The maximum atomic E-state index is 12.6. The zero-order valence-corrected chi connectivity index (χ0v) is 16.2. The number of benzene rings is 2. The van der Waals surface area contributed by atoms with Gasteiger partial charge in [0.2, 0.25) is 0 Å². The maximum Gasteiger partial charge on any atom is 0.274 e. The standard InChI is InChI=1S/C20H20N2O2S2/c1-25-16-8-6-14(7-9-16)19(23)22-12-10-15(11-13-22)24-20-21-17-4-2-3-5-18(17)26-20/h2-9,15H,10-13H2,1H3. The molecular formula is C20H20N2O2S2. The quantitative estimate of drug-likeness (QED) is 0.612. The molecule has 0 atom stereocenters. The van der Waals surface area contributed by atoms with E-state index in [9.17, 15) is 4.79 Å². The van der Waals surface area contributed by atoms with Crippen LogP contribution in [0.25, 0.3) is 10.2 Å². The molecule has 3 aromatic rings. The number of piperidine rings is 1. The number of para-hydroxylation sites is 1. The number of thiazole rings is 1. The Bertz CT molecular complexity index is 867. The van der Waals surface area contributed by atoms with Crippen LogP contribution in [0, 0.1) is 0 Å². The fourth-order valence-electron chi connectivity index (χ4n) is 3.14. The smallest absolute Gasteiger partial charge is 0.274 e. The third-order valence-electron chi connectivity index (χ3n) is 4.61. The van der Waals surface area contributed by atoms with Gasteiger partial charge in [-0.2, -0.15) is 0 Å². The summed E-state index contributed by atoms with van der Waals surface area (Å²) in [5.74, 6) is 0.107. The van der Waals surface area contributed by atoms with Crippen molar-refractivity contribution >= 4 is 39.2 Å². The fraction of sp³-hybridized carbons (Fsp3) is 0.300. The van der Waals surface area contributed by atoms with Gasteiger partial charge in [-0.1, -0.05) is 23.5 Å². The lowest BCUT2D eigenvalue weighted by Crippen LogP contribution is -2.41. The van der Waals surface area contributed by atoms with Crippen LogP contribution in [0.1, 0.15) is 23.2 Å². The average molecular weight is 385 g/mol. The molecule has 0 N–H and O–H groups in total. The number of rotatable bonds is 4. The van der Waals surface area contributed by atoms with Gasteiger partial charge in [0.25, 0.3) is 11.1 Å². The van der Waals surface area contributed by atoms with Crippen LogP contribution in [0.3, 0.4) is 0 Å². The second-order valence-corrected chi connectivity index (χ2v) is 8.16. The molecule has 1 aromatic heterocycles. The maximum absolute atomic E-state index is 12.6. The number of fused-ring (bicyclic) bond motifs is 1. The van der Waals surface area contributed by atoms with Crippen molar-refractivity contribution in [3.8, 4) is 5.19 Å². The number of likely N-dealkylation sites (tertiary alicyclic amines) is 1. The number of thioether (sulfide) groups is 1. The molecule has 0 unspecified atom stereocenters. The summed E-state index contributed by atoms with van der Waals surface area (Å²) in [5, 5.41) is 0.726. The molecule has 0 saturated carbocycles. The van der Waals surface area contributed by atoms with Crippen molar-refractivity contribution in [1.29, 1.82) is 0 Å². The molecule has 0 radical (unpaired) electrons. The number of nitrogens with zero attached hydrogens (tertiary/aromatic N) is 2. The minimum Gasteiger partial charge on any atom is -0.467 e. The molecule has 0 aliphatic carbocycles. The highest BCUT2D eigenvalue weighted by Gasteiger charge is 2.25. The highest BCUT2D eigenvalue weighted by Crippen LogP contribution is 2.29. The summed E-state index contributed by atoms with van der Waals surface area (Å²) in [7, 11) is 0. The normalized spacial score (nSPS) is 15.3. The Morgan fingerprint density at radius 1 is 1.15 bits per heavy atom. The largest absolute Gasteiger partial charge is 0.467 e. The second kappa shape index (κ2) is 7.68. The van der Waals surface area contributed by atoms with Crippen LogP contribution in [0.5, 0.6) is 5.19 Å². The van der Waals surface area contributed by atoms with Crippen LogP contribution < -0.4 is 4.74 Å². The number of ether oxygens (including phenoxy) is 1. The number of hydrogen-bond acceptors (Lipinski definition) is 5. The zero-order valence-electron chi connectivity index (χ0n) is 14.6. The van der Waals surface area contributed by atoms with Gasteiger partial charge in [-0.3, -0.25) is 4.79 Å². The van der Waals surface area contributed by atoms with E-state index >= 15 is 0 Å². The first-order valence-electron chi connectivity index (χ1n) is 8.68. The average Bonchev–Trinajstić information content (AvgIpc) is 3.10. The van der Waals surface area contributed by atoms with Crippen molar-refractivity contribution < 1.29 is 9.53 Å². The molecule has 1 aliphatic rings. The van der Waals surface area contributed by atoms with Crippen molar-refractivity contribution in [1.82, 2.24) is 9.88 Å². The molecule has 2 aromatic carbocycles. The van der Waals surface area contributed by atoms with Crippen molar-refractivity contribution in [2.75, 3.05) is 19.3 Å². The molecule has 2 heterocycles. The van der Waals surface area contributed by atoms with E-state index in [1.54, 1.807) is 23.1 Å². The lowest BCUT2D eigenvalue weighted by Gasteiger charge is -2.31. The SMILES string of the molecule is CSc1ccc(C(=O)N2CCC(Oc3nc4ccccc4s3)CC2)cc1. The van der Waals surface area contributed by atoms with E-state index in [4.69, 9.17) is 4.74 Å². The van der Waals surface area contributed by atoms with Gasteiger partial charge >= 0.3 is 0 Å². The van der Waals surface area contributed by atoms with Gasteiger partial charge in [-0.05, 0) is 42.7 Å². The van der Waals surface area contributed by atoms with Gasteiger partial charge in [0.05, 0.1) is 10.2 Å². The first-order valence-corrected chi connectivity index (χ1v) is 10.7. The van der Waals surface area contributed by atoms with Gasteiger partial charge in [0.1, 0.15) is 6.10 Å². The molecular weight excluding hydrogens is 364 g/mol. The van der Waals surface area contributed by atoms with E-state index in [0.29, 0.717) is 0 Å². The van der Waals surface area contributed by atoms with Gasteiger partial charge in [-0.15, -0.1) is 11.8 Å². The first-order chi connectivity index (χ1) is 12.7. The van der Waals surface area contributed by atoms with Crippen molar-refractivity contribution in [3.05, 3.63) is 54.1 Å². The molecule has 6 heteroatoms. The summed E-state index contributed by atoms with van der Waals surface area (Å²) in [6, 6.07) is 15.9. The van der Waals surface area contributed by atoms with Crippen LogP contribution in [-0.4, -0.2) is 41.2 Å². The Morgan fingerprint density at radius 2 is 1.88 bits per heavy atom. The molecule has 1 aliphatic heterocycles. The van der Waals surface area contributed by atoms with Gasteiger partial charge < -0.3 is 9.64 Å². The van der Waals surface area contributed by atoms with E-state index < -0.39 is 0 Å². The van der Waals surface area contributed by atoms with Gasteiger partial charge in [-0.25, -0.2) is 4.98 Å². The summed E-state index contributed by atoms with van der Waals surface area (Å²) in [6.07, 6.45) is 3.83. The molecule has 1 fully saturated rings. The molecule has 4 rings (SSSR count). The first kappa shape index (κ1) is 17.4. The molecule has 1 saturated heterocycles. The van der Waals surface area contributed by atoms with Crippen LogP contribution >= 0.6 is 23.1 Å². The van der Waals surface area contributed by atoms with E-state index in [2.05, 4.69) is 11.1 Å². The van der Waals surface area contributed by atoms with E-state index in [-0.39, 0.29) is 12.0 Å². The molecule has 4 nitrogen and oxygen atoms in total. The predicted octanol–water partition coefficient (Wildman–Crippen LogP) is 4.70. The zero-order chi connectivity index (χ0) is 17.9. The Hall–Kier alpha value is -2.05. The van der Waals surface area contributed by atoms with Crippen molar-refractivity contribution in [3.63, 3.8) is 0 Å². The Labute approximate surface area is 161 Å². The van der Waals surface area contributed by atoms with Crippen LogP contribution in [0.2, 0.25) is 0 Å². The number of carbonyl (C=O) groups excluding carboxylic acids is 1. The molecule has 26 heavy (non-hydrogen) atoms. The topological polar surface area (TPSA) is 42.4 Å². The molecule has 1 amide bonds. The lowest BCUT2D eigenvalue weighted by atomic mass is 10.1. The third kappa shape index (κ3) is 3.71. The Balaban J connectivity index is 1.35. The summed E-state index contributed by atoms with van der Waals surface area (Å²) >= 11 is 3.26. The van der Waals surface area contributed by atoms with Crippen LogP contribution in [0.15, 0.2) is 53.4 Å². The fourth-order valence-corrected chi connectivity index (χ4v) is 4.43. The third-order valence-corrected chi connectivity index (χ3v) is 6.28. The number of carbonyl (C=O) groups is 1. The summed E-state index contributed by atoms with van der Waals surface area (Å²) < 4.78 is 7.21. The number of hydrogen-bond donors (Lipinski definition) is 0. The highest BCUT2D eigenvalue weighted by atomic mass is 32.2. The van der Waals surface area contributed by atoms with E-state index in [0.717, 1.165) is 46.9 Å². The second-order valence-electron chi connectivity index (χ2n) is 6.29. The summed E-state index contributed by atoms with van der Waals surface area (Å²) in [6.45, 7) is 1.44. The number of aromatic nitrogens is 1. The minimum atomic E-state index is 0.107. The highest BCUT2D eigenvalue weighted by molar-refractivity contribution is 7.98. The molecule has 0 bridgehead atoms. The van der Waals surface area contributed by atoms with E-state index in [1.807, 2.05) is 53.6 Å². The number of amides is 1. The van der Waals surface area contributed by atoms with Crippen LogP contribution in [0.4, 0.5) is 0 Å². The Kier molecular flexibility index (Phi) is 5.13. The van der Waals surface area contributed by atoms with Crippen LogP contribution in [-0.2, 0) is 0 Å². The monoisotopic (exact) mass is 384 g/mol. The Morgan fingerprint density at radius 3 is 2.58 bits per heavy atom. The van der Waals surface area contributed by atoms with Crippen molar-refractivity contribution in [2.24, 2.45) is 0 Å². The van der Waals surface area contributed by atoms with Crippen molar-refractivity contribution in [2.45, 2.75) is 23.8 Å². The predicted molar refractivity (Wildman–Crippen MR) is 107 cm³/mol. The van der Waals surface area contributed by atoms with Gasteiger partial charge in [0, 0.05) is 36.4 Å².